The van der Waals surface area contributed by atoms with Crippen molar-refractivity contribution in [3.05, 3.63) is 16.1 Å². The topological polar surface area (TPSA) is 12.9 Å². The normalized spacial score (nSPS) is 29.5. The molecule has 1 aliphatic rings. The van der Waals surface area contributed by atoms with Gasteiger partial charge in [0.1, 0.15) is 0 Å². The molecule has 2 rings (SSSR count). The van der Waals surface area contributed by atoms with E-state index in [1.807, 2.05) is 17.5 Å². The molecule has 0 aliphatic heterocycles. The van der Waals surface area contributed by atoms with Crippen molar-refractivity contribution in [1.82, 2.24) is 4.98 Å². The maximum Gasteiger partial charge on any atom is 0.0958 e. The van der Waals surface area contributed by atoms with E-state index in [2.05, 4.69) is 18.8 Å². The SMILES string of the molecule is Cc1cnc(C2CCC(C)C2)s1. The molecule has 0 saturated heterocycles. The molecule has 1 nitrogen and oxygen atoms in total. The maximum absolute atomic E-state index is 4.45. The quantitative estimate of drug-likeness (QED) is 0.647. The zero-order valence-corrected chi connectivity index (χ0v) is 8.53. The summed E-state index contributed by atoms with van der Waals surface area (Å²) < 4.78 is 0. The first-order chi connectivity index (χ1) is 5.75. The van der Waals surface area contributed by atoms with Gasteiger partial charge in [-0.05, 0) is 25.7 Å². The van der Waals surface area contributed by atoms with Crippen molar-refractivity contribution in [1.29, 1.82) is 0 Å². The lowest BCUT2D eigenvalue weighted by Gasteiger charge is -2.03. The Morgan fingerprint density at radius 1 is 1.50 bits per heavy atom. The van der Waals surface area contributed by atoms with Gasteiger partial charge in [0.25, 0.3) is 0 Å². The van der Waals surface area contributed by atoms with E-state index in [4.69, 9.17) is 0 Å². The van der Waals surface area contributed by atoms with Crippen molar-refractivity contribution in [2.24, 2.45) is 5.92 Å². The molecule has 0 N–H and O–H groups in total. The van der Waals surface area contributed by atoms with Crippen LogP contribution >= 0.6 is 11.3 Å². The van der Waals surface area contributed by atoms with Gasteiger partial charge in [0.2, 0.25) is 0 Å². The minimum Gasteiger partial charge on any atom is -0.249 e. The second-order valence-electron chi connectivity index (χ2n) is 3.92. The second-order valence-corrected chi connectivity index (χ2v) is 5.19. The van der Waals surface area contributed by atoms with Gasteiger partial charge < -0.3 is 0 Å². The van der Waals surface area contributed by atoms with Gasteiger partial charge >= 0.3 is 0 Å². The maximum atomic E-state index is 4.45. The van der Waals surface area contributed by atoms with Crippen LogP contribution in [0.2, 0.25) is 0 Å². The lowest BCUT2D eigenvalue weighted by atomic mass is 10.1. The predicted octanol–water partition coefficient (Wildman–Crippen LogP) is 3.36. The van der Waals surface area contributed by atoms with Crippen LogP contribution in [0, 0.1) is 12.8 Å². The summed E-state index contributed by atoms with van der Waals surface area (Å²) in [5, 5.41) is 1.37. The van der Waals surface area contributed by atoms with E-state index in [1.54, 1.807) is 0 Å². The van der Waals surface area contributed by atoms with Gasteiger partial charge in [-0.1, -0.05) is 13.3 Å². The second kappa shape index (κ2) is 3.17. The fraction of sp³-hybridized carbons (Fsp3) is 0.700. The van der Waals surface area contributed by atoms with Gasteiger partial charge in [-0.2, -0.15) is 0 Å². The molecule has 1 aromatic rings. The molecule has 0 aromatic carbocycles. The molecule has 1 aromatic heterocycles. The minimum atomic E-state index is 0.777. The molecule has 2 atom stereocenters. The van der Waals surface area contributed by atoms with Crippen molar-refractivity contribution in [3.8, 4) is 0 Å². The molecular weight excluding hydrogens is 166 g/mol. The largest absolute Gasteiger partial charge is 0.249 e. The van der Waals surface area contributed by atoms with Gasteiger partial charge in [0.15, 0.2) is 0 Å². The van der Waals surface area contributed by atoms with Crippen molar-refractivity contribution in [2.75, 3.05) is 0 Å². The lowest BCUT2D eigenvalue weighted by molar-refractivity contribution is 0.595. The highest BCUT2D eigenvalue weighted by atomic mass is 32.1. The van der Waals surface area contributed by atoms with Gasteiger partial charge in [-0.3, -0.25) is 0 Å². The van der Waals surface area contributed by atoms with Gasteiger partial charge in [-0.15, -0.1) is 11.3 Å². The van der Waals surface area contributed by atoms with Crippen LogP contribution in [-0.2, 0) is 0 Å². The summed E-state index contributed by atoms with van der Waals surface area (Å²) >= 11 is 1.88. The van der Waals surface area contributed by atoms with E-state index >= 15 is 0 Å². The van der Waals surface area contributed by atoms with Crippen LogP contribution in [0.4, 0.5) is 0 Å². The molecule has 1 aliphatic carbocycles. The zero-order chi connectivity index (χ0) is 8.55. The molecule has 12 heavy (non-hydrogen) atoms. The first-order valence-corrected chi connectivity index (χ1v) is 5.49. The van der Waals surface area contributed by atoms with E-state index in [-0.39, 0.29) is 0 Å². The Morgan fingerprint density at radius 3 is 2.83 bits per heavy atom. The Kier molecular flexibility index (Phi) is 2.18. The molecule has 1 heterocycles. The molecule has 66 valence electrons. The third kappa shape index (κ3) is 1.53. The molecule has 0 amide bonds. The Hall–Kier alpha value is -0.370. The average Bonchev–Trinajstić information content (AvgIpc) is 2.58. The zero-order valence-electron chi connectivity index (χ0n) is 7.71. The van der Waals surface area contributed by atoms with Crippen LogP contribution in [0.3, 0.4) is 0 Å². The first kappa shape index (κ1) is 8.24. The summed E-state index contributed by atoms with van der Waals surface area (Å²) in [4.78, 5) is 5.80. The van der Waals surface area contributed by atoms with Gasteiger partial charge in [0, 0.05) is 17.0 Å². The number of rotatable bonds is 1. The highest BCUT2D eigenvalue weighted by molar-refractivity contribution is 7.11. The van der Waals surface area contributed by atoms with Gasteiger partial charge in [-0.25, -0.2) is 4.98 Å². The smallest absolute Gasteiger partial charge is 0.0958 e. The highest BCUT2D eigenvalue weighted by Gasteiger charge is 2.24. The third-order valence-corrected chi connectivity index (χ3v) is 3.76. The number of nitrogens with zero attached hydrogens (tertiary/aromatic N) is 1. The lowest BCUT2D eigenvalue weighted by Crippen LogP contribution is -1.91. The summed E-state index contributed by atoms with van der Waals surface area (Å²) in [6, 6.07) is 0. The molecule has 2 unspecified atom stereocenters. The third-order valence-electron chi connectivity index (χ3n) is 2.68. The Balaban J connectivity index is 2.11. The summed E-state index contributed by atoms with van der Waals surface area (Å²) in [5.74, 6) is 1.69. The highest BCUT2D eigenvalue weighted by Crippen LogP contribution is 2.39. The number of aromatic nitrogens is 1. The Labute approximate surface area is 77.8 Å². The van der Waals surface area contributed by atoms with Crippen LogP contribution in [-0.4, -0.2) is 4.98 Å². The molecular formula is C10H15NS. The van der Waals surface area contributed by atoms with Crippen LogP contribution in [0.25, 0.3) is 0 Å². The summed E-state index contributed by atoms with van der Waals surface area (Å²) in [7, 11) is 0. The number of hydrogen-bond acceptors (Lipinski definition) is 2. The predicted molar refractivity (Wildman–Crippen MR) is 52.6 cm³/mol. The van der Waals surface area contributed by atoms with Crippen molar-refractivity contribution in [3.63, 3.8) is 0 Å². The molecule has 1 fully saturated rings. The van der Waals surface area contributed by atoms with E-state index in [9.17, 15) is 0 Å². The van der Waals surface area contributed by atoms with E-state index in [0.29, 0.717) is 0 Å². The Bertz CT molecular complexity index is 267. The minimum absolute atomic E-state index is 0.777. The molecule has 0 radical (unpaired) electrons. The first-order valence-electron chi connectivity index (χ1n) is 4.68. The van der Waals surface area contributed by atoms with Crippen molar-refractivity contribution >= 4 is 11.3 Å². The van der Waals surface area contributed by atoms with E-state index in [1.165, 1.54) is 29.1 Å². The van der Waals surface area contributed by atoms with Crippen LogP contribution in [0.15, 0.2) is 6.20 Å². The molecule has 0 bridgehead atoms. The van der Waals surface area contributed by atoms with Crippen LogP contribution in [0.5, 0.6) is 0 Å². The average molecular weight is 181 g/mol. The van der Waals surface area contributed by atoms with Crippen molar-refractivity contribution < 1.29 is 0 Å². The number of aryl methyl sites for hydroxylation is 1. The van der Waals surface area contributed by atoms with Crippen LogP contribution < -0.4 is 0 Å². The standard InChI is InChI=1S/C10H15NS/c1-7-3-4-9(5-7)10-11-6-8(2)12-10/h6-7,9H,3-5H2,1-2H3. The summed E-state index contributed by atoms with van der Waals surface area (Å²) in [6.45, 7) is 4.49. The van der Waals surface area contributed by atoms with E-state index in [0.717, 1.165) is 11.8 Å². The van der Waals surface area contributed by atoms with Crippen molar-refractivity contribution in [2.45, 2.75) is 39.0 Å². The number of thiazole rings is 1. The molecule has 0 spiro atoms. The summed E-state index contributed by atoms with van der Waals surface area (Å²) in [6.07, 6.45) is 6.10. The summed E-state index contributed by atoms with van der Waals surface area (Å²) in [5.41, 5.74) is 0. The fourth-order valence-corrected chi connectivity index (χ4v) is 2.91. The fourth-order valence-electron chi connectivity index (χ4n) is 1.99. The Morgan fingerprint density at radius 2 is 2.33 bits per heavy atom. The van der Waals surface area contributed by atoms with E-state index < -0.39 is 0 Å². The van der Waals surface area contributed by atoms with Crippen LogP contribution in [0.1, 0.15) is 42.0 Å². The number of hydrogen-bond donors (Lipinski definition) is 0. The monoisotopic (exact) mass is 181 g/mol. The van der Waals surface area contributed by atoms with Gasteiger partial charge in [0.05, 0.1) is 5.01 Å². The molecule has 2 heteroatoms. The molecule has 1 saturated carbocycles.